The lowest BCUT2D eigenvalue weighted by Crippen LogP contribution is -2.46. The van der Waals surface area contributed by atoms with Gasteiger partial charge >= 0.3 is 6.61 Å². The van der Waals surface area contributed by atoms with Crippen LogP contribution in [0.1, 0.15) is 42.5 Å². The van der Waals surface area contributed by atoms with Crippen LogP contribution in [0.4, 0.5) is 14.6 Å². The van der Waals surface area contributed by atoms with E-state index in [0.29, 0.717) is 30.2 Å². The molecule has 194 valence electrons. The maximum Gasteiger partial charge on any atom is 0.387 e. The van der Waals surface area contributed by atoms with Crippen LogP contribution in [-0.2, 0) is 11.2 Å². The summed E-state index contributed by atoms with van der Waals surface area (Å²) in [6.07, 6.45) is 5.93. The molecule has 2 atom stereocenters. The van der Waals surface area contributed by atoms with E-state index in [1.165, 1.54) is 19.2 Å². The van der Waals surface area contributed by atoms with E-state index in [1.54, 1.807) is 31.5 Å². The fraction of sp³-hybridized carbons (Fsp3) is 0.407. The molecular weight excluding hydrogens is 480 g/mol. The number of amides is 1. The standard InChI is InChI=1S/C27H29F2N5O3/c1-16(19-11-20(36-3)14-21(12-19)37-26(28)29)25(35)34-10-7-27(15-34)6-5-18-13-22(17(2)32-23(18)33-27)24-30-8-4-9-31-24/h4,8-9,11-14,16,26H,5-7,10,15H2,1-3H3,(H,32,33)/t16-,27-/m0/s1. The number of hydrogen-bond donors (Lipinski definition) is 1. The molecule has 2 aliphatic heterocycles. The van der Waals surface area contributed by atoms with Crippen LogP contribution in [0.15, 0.2) is 42.7 Å². The predicted octanol–water partition coefficient (Wildman–Crippen LogP) is 4.59. The highest BCUT2D eigenvalue weighted by Gasteiger charge is 2.43. The van der Waals surface area contributed by atoms with Crippen molar-refractivity contribution >= 4 is 11.7 Å². The first-order valence-corrected chi connectivity index (χ1v) is 12.3. The van der Waals surface area contributed by atoms with Crippen LogP contribution in [0.5, 0.6) is 11.5 Å². The Hall–Kier alpha value is -3.82. The second-order valence-corrected chi connectivity index (χ2v) is 9.66. The number of aryl methyl sites for hydroxylation is 2. The van der Waals surface area contributed by atoms with E-state index in [9.17, 15) is 13.6 Å². The number of benzene rings is 1. The first-order chi connectivity index (χ1) is 17.8. The van der Waals surface area contributed by atoms with Gasteiger partial charge in [-0.15, -0.1) is 0 Å². The number of pyridine rings is 1. The highest BCUT2D eigenvalue weighted by atomic mass is 19.3. The van der Waals surface area contributed by atoms with Crippen molar-refractivity contribution in [3.63, 3.8) is 0 Å². The van der Waals surface area contributed by atoms with E-state index in [1.807, 2.05) is 11.8 Å². The minimum atomic E-state index is -2.96. The van der Waals surface area contributed by atoms with Crippen LogP contribution >= 0.6 is 0 Å². The predicted molar refractivity (Wildman–Crippen MR) is 134 cm³/mol. The normalized spacial score (nSPS) is 19.5. The van der Waals surface area contributed by atoms with Crippen LogP contribution in [0.2, 0.25) is 0 Å². The summed E-state index contributed by atoms with van der Waals surface area (Å²) in [4.78, 5) is 28.8. The number of aromatic nitrogens is 3. The summed E-state index contributed by atoms with van der Waals surface area (Å²) in [7, 11) is 1.44. The van der Waals surface area contributed by atoms with Gasteiger partial charge in [0.1, 0.15) is 17.3 Å². The first kappa shape index (κ1) is 24.9. The smallest absolute Gasteiger partial charge is 0.387 e. The molecule has 1 amide bonds. The van der Waals surface area contributed by atoms with E-state index < -0.39 is 12.5 Å². The average Bonchev–Trinajstić information content (AvgIpc) is 3.30. The number of methoxy groups -OCH3 is 1. The number of likely N-dealkylation sites (tertiary alicyclic amines) is 1. The summed E-state index contributed by atoms with van der Waals surface area (Å²) in [6, 6.07) is 8.43. The fourth-order valence-corrected chi connectivity index (χ4v) is 5.21. The van der Waals surface area contributed by atoms with Crippen molar-refractivity contribution in [3.8, 4) is 22.9 Å². The summed E-state index contributed by atoms with van der Waals surface area (Å²) in [5.74, 6) is 1.21. The summed E-state index contributed by atoms with van der Waals surface area (Å²) < 4.78 is 35.3. The van der Waals surface area contributed by atoms with E-state index >= 15 is 0 Å². The van der Waals surface area contributed by atoms with Gasteiger partial charge in [0, 0.05) is 37.1 Å². The Morgan fingerprint density at radius 1 is 1.14 bits per heavy atom. The molecule has 4 heterocycles. The lowest BCUT2D eigenvalue weighted by atomic mass is 9.86. The summed E-state index contributed by atoms with van der Waals surface area (Å²) in [5.41, 5.74) is 3.18. The highest BCUT2D eigenvalue weighted by molar-refractivity contribution is 5.84. The number of alkyl halides is 2. The van der Waals surface area contributed by atoms with Gasteiger partial charge in [0.2, 0.25) is 5.91 Å². The molecule has 3 aromatic rings. The quantitative estimate of drug-likeness (QED) is 0.520. The molecule has 2 aliphatic rings. The third kappa shape index (κ3) is 5.05. The second kappa shape index (κ2) is 9.91. The number of fused-ring (bicyclic) bond motifs is 1. The van der Waals surface area contributed by atoms with Crippen molar-refractivity contribution < 1.29 is 23.0 Å². The molecule has 0 aliphatic carbocycles. The Labute approximate surface area is 214 Å². The highest BCUT2D eigenvalue weighted by Crippen LogP contribution is 2.39. The number of carbonyl (C=O) groups is 1. The maximum absolute atomic E-state index is 13.4. The van der Waals surface area contributed by atoms with Crippen molar-refractivity contribution in [2.75, 3.05) is 25.5 Å². The Kier molecular flexibility index (Phi) is 6.66. The molecule has 0 saturated carbocycles. The number of carbonyl (C=O) groups excluding carboxylic acids is 1. The number of nitrogens with zero attached hydrogens (tertiary/aromatic N) is 4. The lowest BCUT2D eigenvalue weighted by molar-refractivity contribution is -0.131. The van der Waals surface area contributed by atoms with E-state index in [-0.39, 0.29) is 17.2 Å². The van der Waals surface area contributed by atoms with E-state index in [4.69, 9.17) is 9.72 Å². The summed E-state index contributed by atoms with van der Waals surface area (Å²) in [5, 5.41) is 3.64. The van der Waals surface area contributed by atoms with Gasteiger partial charge in [0.05, 0.1) is 24.3 Å². The number of anilines is 1. The van der Waals surface area contributed by atoms with E-state index in [2.05, 4.69) is 26.1 Å². The lowest BCUT2D eigenvalue weighted by Gasteiger charge is -2.36. The Morgan fingerprint density at radius 3 is 2.62 bits per heavy atom. The minimum Gasteiger partial charge on any atom is -0.497 e. The van der Waals surface area contributed by atoms with Gasteiger partial charge in [-0.1, -0.05) is 0 Å². The van der Waals surface area contributed by atoms with Gasteiger partial charge in [-0.2, -0.15) is 8.78 Å². The molecule has 5 rings (SSSR count). The first-order valence-electron chi connectivity index (χ1n) is 12.3. The van der Waals surface area contributed by atoms with Gasteiger partial charge in [-0.25, -0.2) is 15.0 Å². The zero-order valence-corrected chi connectivity index (χ0v) is 21.0. The van der Waals surface area contributed by atoms with Gasteiger partial charge in [0.15, 0.2) is 5.82 Å². The number of rotatable bonds is 6. The van der Waals surface area contributed by atoms with Gasteiger partial charge < -0.3 is 19.7 Å². The van der Waals surface area contributed by atoms with Gasteiger partial charge in [-0.3, -0.25) is 4.79 Å². The molecule has 0 radical (unpaired) electrons. The van der Waals surface area contributed by atoms with Crippen molar-refractivity contribution in [3.05, 3.63) is 59.5 Å². The number of hydrogen-bond acceptors (Lipinski definition) is 7. The van der Waals surface area contributed by atoms with Crippen LogP contribution in [0.3, 0.4) is 0 Å². The molecule has 1 saturated heterocycles. The maximum atomic E-state index is 13.4. The van der Waals surface area contributed by atoms with Crippen molar-refractivity contribution in [2.45, 2.75) is 51.2 Å². The molecular formula is C27H29F2N5O3. The SMILES string of the molecule is COc1cc(OC(F)F)cc([C@H](C)C(=O)N2CC[C@@]3(CCc4cc(-c5ncccn5)c(C)nc4N3)C2)c1. The zero-order valence-electron chi connectivity index (χ0n) is 21.0. The molecule has 0 bridgehead atoms. The number of ether oxygens (including phenoxy) is 2. The molecule has 10 heteroatoms. The van der Waals surface area contributed by atoms with Crippen LogP contribution in [0.25, 0.3) is 11.4 Å². The summed E-state index contributed by atoms with van der Waals surface area (Å²) in [6.45, 7) is 1.91. The van der Waals surface area contributed by atoms with E-state index in [0.717, 1.165) is 41.9 Å². The molecule has 0 unspecified atom stereocenters. The molecule has 1 aromatic carbocycles. The van der Waals surface area contributed by atoms with Gasteiger partial charge in [0.25, 0.3) is 0 Å². The largest absolute Gasteiger partial charge is 0.497 e. The Morgan fingerprint density at radius 2 is 1.89 bits per heavy atom. The topological polar surface area (TPSA) is 89.5 Å². The average molecular weight is 510 g/mol. The third-order valence-electron chi connectivity index (χ3n) is 7.25. The Bertz CT molecular complexity index is 1310. The molecule has 37 heavy (non-hydrogen) atoms. The monoisotopic (exact) mass is 509 g/mol. The van der Waals surface area contributed by atoms with Crippen molar-refractivity contribution in [2.24, 2.45) is 0 Å². The van der Waals surface area contributed by atoms with Crippen LogP contribution in [-0.4, -0.2) is 58.1 Å². The fourth-order valence-electron chi connectivity index (χ4n) is 5.21. The molecule has 1 N–H and O–H groups in total. The van der Waals surface area contributed by atoms with Crippen LogP contribution in [0, 0.1) is 6.92 Å². The zero-order chi connectivity index (χ0) is 26.2. The molecule has 1 fully saturated rings. The minimum absolute atomic E-state index is 0.0332. The molecule has 2 aromatic heterocycles. The number of nitrogens with one attached hydrogen (secondary N) is 1. The summed E-state index contributed by atoms with van der Waals surface area (Å²) >= 11 is 0. The van der Waals surface area contributed by atoms with Crippen molar-refractivity contribution in [1.29, 1.82) is 0 Å². The Balaban J connectivity index is 1.31. The number of halogens is 2. The third-order valence-corrected chi connectivity index (χ3v) is 7.25. The van der Waals surface area contributed by atoms with Gasteiger partial charge in [-0.05, 0) is 68.5 Å². The second-order valence-electron chi connectivity index (χ2n) is 9.66. The molecule has 8 nitrogen and oxygen atoms in total. The van der Waals surface area contributed by atoms with Crippen LogP contribution < -0.4 is 14.8 Å². The van der Waals surface area contributed by atoms with Crippen molar-refractivity contribution in [1.82, 2.24) is 19.9 Å². The molecule has 1 spiro atoms.